The van der Waals surface area contributed by atoms with Crippen LogP contribution in [-0.4, -0.2) is 23.4 Å². The molecule has 1 aliphatic rings. The normalized spacial score (nSPS) is 17.6. The number of hydrogen-bond acceptors (Lipinski definition) is 3. The Morgan fingerprint density at radius 1 is 1.33 bits per heavy atom. The second kappa shape index (κ2) is 6.14. The van der Waals surface area contributed by atoms with Crippen molar-refractivity contribution in [1.29, 1.82) is 0 Å². The number of rotatable bonds is 5. The van der Waals surface area contributed by atoms with E-state index in [0.29, 0.717) is 5.25 Å². The molecule has 0 saturated heterocycles. The van der Waals surface area contributed by atoms with E-state index in [1.165, 1.54) is 12.8 Å². The summed E-state index contributed by atoms with van der Waals surface area (Å²) in [4.78, 5) is 11.4. The smallest absolute Gasteiger partial charge is 0.321 e. The number of benzene rings is 1. The number of thioether (sulfide) groups is 1. The molecule has 1 aliphatic carbocycles. The van der Waals surface area contributed by atoms with Crippen LogP contribution in [0, 0.1) is 0 Å². The fraction of sp³-hybridized carbons (Fsp3) is 0.500. The van der Waals surface area contributed by atoms with Crippen LogP contribution in [0.15, 0.2) is 24.3 Å². The molecule has 1 aromatic rings. The zero-order chi connectivity index (χ0) is 13.0. The van der Waals surface area contributed by atoms with Crippen LogP contribution in [0.2, 0.25) is 0 Å². The molecule has 1 aromatic carbocycles. The summed E-state index contributed by atoms with van der Waals surface area (Å²) in [6, 6.07) is 7.33. The molecule has 4 heteroatoms. The minimum Gasteiger partial charge on any atom is -0.497 e. The Morgan fingerprint density at radius 2 is 1.94 bits per heavy atom. The lowest BCUT2D eigenvalue weighted by Gasteiger charge is -2.17. The molecule has 1 fully saturated rings. The second-order valence-corrected chi connectivity index (χ2v) is 5.94. The van der Waals surface area contributed by atoms with Gasteiger partial charge >= 0.3 is 5.97 Å². The Morgan fingerprint density at radius 3 is 2.44 bits per heavy atom. The molecule has 0 aliphatic heterocycles. The third-order valence-corrected chi connectivity index (χ3v) is 4.88. The third kappa shape index (κ3) is 3.19. The van der Waals surface area contributed by atoms with Crippen molar-refractivity contribution in [1.82, 2.24) is 0 Å². The van der Waals surface area contributed by atoms with Gasteiger partial charge in [0.05, 0.1) is 7.11 Å². The van der Waals surface area contributed by atoms with Gasteiger partial charge in [-0.1, -0.05) is 25.0 Å². The van der Waals surface area contributed by atoms with E-state index in [0.717, 1.165) is 24.2 Å². The van der Waals surface area contributed by atoms with E-state index >= 15 is 0 Å². The van der Waals surface area contributed by atoms with E-state index in [1.807, 2.05) is 24.3 Å². The van der Waals surface area contributed by atoms with E-state index in [9.17, 15) is 9.90 Å². The number of carboxylic acids is 1. The summed E-state index contributed by atoms with van der Waals surface area (Å²) >= 11 is 1.59. The molecule has 3 nitrogen and oxygen atoms in total. The summed E-state index contributed by atoms with van der Waals surface area (Å²) in [6.45, 7) is 0. The third-order valence-electron chi connectivity index (χ3n) is 3.27. The lowest BCUT2D eigenvalue weighted by atomic mass is 10.1. The molecule has 0 amide bonds. The minimum absolute atomic E-state index is 0.459. The summed E-state index contributed by atoms with van der Waals surface area (Å²) < 4.78 is 5.09. The van der Waals surface area contributed by atoms with Gasteiger partial charge in [0.15, 0.2) is 0 Å². The minimum atomic E-state index is -0.753. The molecule has 0 radical (unpaired) electrons. The van der Waals surface area contributed by atoms with Crippen molar-refractivity contribution in [3.63, 3.8) is 0 Å². The van der Waals surface area contributed by atoms with Gasteiger partial charge in [-0.2, -0.15) is 0 Å². The number of carbonyl (C=O) groups is 1. The van der Waals surface area contributed by atoms with Crippen LogP contribution < -0.4 is 4.74 Å². The molecule has 1 N–H and O–H groups in total. The Kier molecular flexibility index (Phi) is 4.53. The number of carboxylic acid groups (broad SMARTS) is 1. The largest absolute Gasteiger partial charge is 0.497 e. The summed E-state index contributed by atoms with van der Waals surface area (Å²) in [5.41, 5.74) is 0.847. The van der Waals surface area contributed by atoms with Crippen LogP contribution >= 0.6 is 11.8 Å². The second-order valence-electron chi connectivity index (χ2n) is 4.53. The van der Waals surface area contributed by atoms with Crippen LogP contribution in [0.3, 0.4) is 0 Å². The van der Waals surface area contributed by atoms with Gasteiger partial charge in [-0.05, 0) is 30.5 Å². The van der Waals surface area contributed by atoms with E-state index < -0.39 is 11.2 Å². The number of methoxy groups -OCH3 is 1. The van der Waals surface area contributed by atoms with E-state index in [-0.39, 0.29) is 0 Å². The van der Waals surface area contributed by atoms with Crippen LogP contribution in [0.4, 0.5) is 0 Å². The first-order valence-corrected chi connectivity index (χ1v) is 7.17. The predicted molar refractivity (Wildman–Crippen MR) is 73.2 cm³/mol. The molecule has 0 spiro atoms. The summed E-state index contributed by atoms with van der Waals surface area (Å²) in [5, 5.41) is 9.40. The lowest BCUT2D eigenvalue weighted by Crippen LogP contribution is -2.11. The molecule has 0 unspecified atom stereocenters. The summed E-state index contributed by atoms with van der Waals surface area (Å²) in [7, 11) is 1.61. The maximum absolute atomic E-state index is 11.4. The predicted octanol–water partition coefficient (Wildman–Crippen LogP) is 3.50. The van der Waals surface area contributed by atoms with Crippen molar-refractivity contribution in [2.75, 3.05) is 7.11 Å². The highest BCUT2D eigenvalue weighted by molar-refractivity contribution is 8.00. The number of hydrogen-bond donors (Lipinski definition) is 1. The van der Waals surface area contributed by atoms with Crippen LogP contribution in [0.25, 0.3) is 0 Å². The SMILES string of the molecule is COc1ccc([C@@H](SC2CCCC2)C(=O)O)cc1. The fourth-order valence-electron chi connectivity index (χ4n) is 2.27. The summed E-state index contributed by atoms with van der Waals surface area (Å²) in [5.74, 6) is 0.00539. The molecule has 98 valence electrons. The molecule has 0 bridgehead atoms. The van der Waals surface area contributed by atoms with Gasteiger partial charge < -0.3 is 9.84 Å². The Balaban J connectivity index is 2.10. The first-order valence-electron chi connectivity index (χ1n) is 6.23. The van der Waals surface area contributed by atoms with Gasteiger partial charge in [0, 0.05) is 5.25 Å². The molecular formula is C14H18O3S. The highest BCUT2D eigenvalue weighted by atomic mass is 32.2. The van der Waals surface area contributed by atoms with Gasteiger partial charge in [0.2, 0.25) is 0 Å². The lowest BCUT2D eigenvalue weighted by molar-refractivity contribution is -0.136. The van der Waals surface area contributed by atoms with Crippen molar-refractivity contribution in [2.45, 2.75) is 36.2 Å². The topological polar surface area (TPSA) is 46.5 Å². The molecule has 1 atom stereocenters. The maximum atomic E-state index is 11.4. The van der Waals surface area contributed by atoms with Gasteiger partial charge in [-0.25, -0.2) is 0 Å². The van der Waals surface area contributed by atoms with Gasteiger partial charge in [0.1, 0.15) is 11.0 Å². The van der Waals surface area contributed by atoms with Crippen molar-refractivity contribution < 1.29 is 14.6 Å². The van der Waals surface area contributed by atoms with Gasteiger partial charge in [0.25, 0.3) is 0 Å². The van der Waals surface area contributed by atoms with Crippen LogP contribution in [0.1, 0.15) is 36.5 Å². The van der Waals surface area contributed by atoms with Crippen molar-refractivity contribution in [3.05, 3.63) is 29.8 Å². The molecule has 1 saturated carbocycles. The number of ether oxygens (including phenoxy) is 1. The molecular weight excluding hydrogens is 248 g/mol. The van der Waals surface area contributed by atoms with Gasteiger partial charge in [-0.15, -0.1) is 11.8 Å². The Labute approximate surface area is 112 Å². The molecule has 0 heterocycles. The highest BCUT2D eigenvalue weighted by Gasteiger charge is 2.26. The van der Waals surface area contributed by atoms with Gasteiger partial charge in [-0.3, -0.25) is 4.79 Å². The van der Waals surface area contributed by atoms with Crippen LogP contribution in [-0.2, 0) is 4.79 Å². The average Bonchev–Trinajstić information content (AvgIpc) is 2.89. The summed E-state index contributed by atoms with van der Waals surface area (Å²) in [6.07, 6.45) is 4.74. The van der Waals surface area contributed by atoms with Crippen molar-refractivity contribution in [3.8, 4) is 5.75 Å². The Bertz CT molecular complexity index is 396. The quantitative estimate of drug-likeness (QED) is 0.886. The molecule has 18 heavy (non-hydrogen) atoms. The van der Waals surface area contributed by atoms with Crippen LogP contribution in [0.5, 0.6) is 5.75 Å². The number of aliphatic carboxylic acids is 1. The standard InChI is InChI=1S/C14H18O3S/c1-17-11-8-6-10(7-9-11)13(14(15)16)18-12-4-2-3-5-12/h6-9,12-13H,2-5H2,1H3,(H,15,16)/t13-/m1/s1. The fourth-order valence-corrected chi connectivity index (χ4v) is 3.70. The zero-order valence-electron chi connectivity index (χ0n) is 10.5. The maximum Gasteiger partial charge on any atom is 0.321 e. The van der Waals surface area contributed by atoms with Crippen molar-refractivity contribution in [2.24, 2.45) is 0 Å². The van der Waals surface area contributed by atoms with E-state index in [2.05, 4.69) is 0 Å². The monoisotopic (exact) mass is 266 g/mol. The zero-order valence-corrected chi connectivity index (χ0v) is 11.3. The first kappa shape index (κ1) is 13.3. The average molecular weight is 266 g/mol. The van der Waals surface area contributed by atoms with Crippen molar-refractivity contribution >= 4 is 17.7 Å². The molecule has 2 rings (SSSR count). The molecule has 0 aromatic heterocycles. The van der Waals surface area contributed by atoms with E-state index in [4.69, 9.17) is 4.74 Å². The van der Waals surface area contributed by atoms with E-state index in [1.54, 1.807) is 18.9 Å². The Hall–Kier alpha value is -1.16. The first-order chi connectivity index (χ1) is 8.70. The highest BCUT2D eigenvalue weighted by Crippen LogP contribution is 2.39.